The van der Waals surface area contributed by atoms with E-state index in [1.807, 2.05) is 61.5 Å². The lowest BCUT2D eigenvalue weighted by Gasteiger charge is -2.05. The first-order valence-electron chi connectivity index (χ1n) is 6.46. The molecule has 0 aliphatic heterocycles. The molecule has 0 fully saturated rings. The van der Waals surface area contributed by atoms with Gasteiger partial charge in [-0.3, -0.25) is 4.79 Å². The molecule has 0 spiro atoms. The Morgan fingerprint density at radius 2 is 1.65 bits per heavy atom. The Hall–Kier alpha value is -2.68. The number of nitrogens with zero attached hydrogens (tertiary/aromatic N) is 1. The lowest BCUT2D eigenvalue weighted by molar-refractivity contribution is 1.13. The van der Waals surface area contributed by atoms with Crippen LogP contribution in [0.3, 0.4) is 0 Å². The van der Waals surface area contributed by atoms with Crippen molar-refractivity contribution in [3.8, 4) is 22.6 Å². The third-order valence-electron chi connectivity index (χ3n) is 3.10. The molecule has 2 aromatic carbocycles. The molecule has 0 saturated heterocycles. The zero-order valence-electron chi connectivity index (χ0n) is 11.1. The molecule has 0 aliphatic carbocycles. The van der Waals surface area contributed by atoms with Gasteiger partial charge in [0.15, 0.2) is 0 Å². The first kappa shape index (κ1) is 12.4. The van der Waals surface area contributed by atoms with E-state index in [0.717, 1.165) is 16.7 Å². The maximum atomic E-state index is 11.8. The lowest BCUT2D eigenvalue weighted by Crippen LogP contribution is -2.08. The summed E-state index contributed by atoms with van der Waals surface area (Å²) in [6, 6.07) is 19.2. The summed E-state index contributed by atoms with van der Waals surface area (Å²) in [6.07, 6.45) is 0. The van der Waals surface area contributed by atoms with Crippen molar-refractivity contribution in [1.82, 2.24) is 9.97 Å². The van der Waals surface area contributed by atoms with E-state index in [0.29, 0.717) is 11.5 Å². The highest BCUT2D eigenvalue weighted by Gasteiger charge is 2.05. The molecule has 1 N–H and O–H groups in total. The van der Waals surface area contributed by atoms with E-state index in [2.05, 4.69) is 9.97 Å². The van der Waals surface area contributed by atoms with Gasteiger partial charge in [-0.1, -0.05) is 54.1 Å². The van der Waals surface area contributed by atoms with Crippen molar-refractivity contribution in [3.05, 3.63) is 76.6 Å². The minimum absolute atomic E-state index is 0.143. The second-order valence-corrected chi connectivity index (χ2v) is 4.71. The summed E-state index contributed by atoms with van der Waals surface area (Å²) in [5.41, 5.74) is 3.55. The molecule has 0 radical (unpaired) electrons. The van der Waals surface area contributed by atoms with E-state index in [1.54, 1.807) is 0 Å². The number of benzene rings is 2. The summed E-state index contributed by atoms with van der Waals surface area (Å²) in [4.78, 5) is 19.2. The molecule has 3 nitrogen and oxygen atoms in total. The fourth-order valence-electron chi connectivity index (χ4n) is 2.14. The van der Waals surface area contributed by atoms with Crippen LogP contribution >= 0.6 is 0 Å². The molecule has 1 heterocycles. The Balaban J connectivity index is 2.15. The molecule has 20 heavy (non-hydrogen) atoms. The Bertz CT molecular complexity index is 791. The van der Waals surface area contributed by atoms with Gasteiger partial charge < -0.3 is 4.98 Å². The first-order valence-corrected chi connectivity index (χ1v) is 6.46. The second kappa shape index (κ2) is 5.13. The minimum Gasteiger partial charge on any atom is -0.306 e. The molecular formula is C17H14N2O. The average Bonchev–Trinajstić information content (AvgIpc) is 2.47. The number of H-pyrrole nitrogens is 1. The zero-order valence-corrected chi connectivity index (χ0v) is 11.1. The molecular weight excluding hydrogens is 248 g/mol. The van der Waals surface area contributed by atoms with Crippen molar-refractivity contribution < 1.29 is 0 Å². The van der Waals surface area contributed by atoms with Gasteiger partial charge in [0.05, 0.1) is 5.69 Å². The standard InChI is InChI=1S/C17H14N2O/c1-12-6-5-9-14(10-12)15-11-16(20)19-17(18-15)13-7-3-2-4-8-13/h2-11H,1H3,(H,18,19,20). The SMILES string of the molecule is Cc1cccc(-c2cc(=O)[nH]c(-c3ccccc3)n2)c1. The number of hydrogen-bond donors (Lipinski definition) is 1. The van der Waals surface area contributed by atoms with Crippen LogP contribution in [0.2, 0.25) is 0 Å². The number of aromatic nitrogens is 2. The van der Waals surface area contributed by atoms with Crippen LogP contribution in [0.1, 0.15) is 5.56 Å². The molecule has 98 valence electrons. The summed E-state index contributed by atoms with van der Waals surface area (Å²) in [5.74, 6) is 0.592. The van der Waals surface area contributed by atoms with Gasteiger partial charge in [-0.2, -0.15) is 0 Å². The van der Waals surface area contributed by atoms with Gasteiger partial charge in [-0.25, -0.2) is 4.98 Å². The maximum Gasteiger partial charge on any atom is 0.251 e. The van der Waals surface area contributed by atoms with Gasteiger partial charge in [0.2, 0.25) is 0 Å². The fraction of sp³-hybridized carbons (Fsp3) is 0.0588. The lowest BCUT2D eigenvalue weighted by atomic mass is 10.1. The molecule has 0 amide bonds. The fourth-order valence-corrected chi connectivity index (χ4v) is 2.14. The van der Waals surface area contributed by atoms with Crippen molar-refractivity contribution in [3.63, 3.8) is 0 Å². The minimum atomic E-state index is -0.143. The predicted molar refractivity (Wildman–Crippen MR) is 80.5 cm³/mol. The molecule has 0 atom stereocenters. The maximum absolute atomic E-state index is 11.8. The van der Waals surface area contributed by atoms with Gasteiger partial charge in [0, 0.05) is 17.2 Å². The van der Waals surface area contributed by atoms with Crippen LogP contribution in [0.25, 0.3) is 22.6 Å². The summed E-state index contributed by atoms with van der Waals surface area (Å²) >= 11 is 0. The number of aromatic amines is 1. The number of rotatable bonds is 2. The summed E-state index contributed by atoms with van der Waals surface area (Å²) in [5, 5.41) is 0. The van der Waals surface area contributed by atoms with Gasteiger partial charge >= 0.3 is 0 Å². The van der Waals surface area contributed by atoms with Crippen LogP contribution in [0.5, 0.6) is 0 Å². The molecule has 3 heteroatoms. The molecule has 0 saturated carbocycles. The number of aryl methyl sites for hydroxylation is 1. The second-order valence-electron chi connectivity index (χ2n) is 4.71. The summed E-state index contributed by atoms with van der Waals surface area (Å²) < 4.78 is 0. The molecule has 3 rings (SSSR count). The third kappa shape index (κ3) is 2.52. The van der Waals surface area contributed by atoms with Gasteiger partial charge in [-0.15, -0.1) is 0 Å². The van der Waals surface area contributed by atoms with E-state index in [9.17, 15) is 4.79 Å². The van der Waals surface area contributed by atoms with Crippen molar-refractivity contribution in [2.24, 2.45) is 0 Å². The van der Waals surface area contributed by atoms with E-state index < -0.39 is 0 Å². The Morgan fingerprint density at radius 3 is 2.40 bits per heavy atom. The van der Waals surface area contributed by atoms with Crippen molar-refractivity contribution in [2.45, 2.75) is 6.92 Å². The van der Waals surface area contributed by atoms with Crippen LogP contribution in [0, 0.1) is 6.92 Å². The number of nitrogens with one attached hydrogen (secondary N) is 1. The van der Waals surface area contributed by atoms with E-state index in [1.165, 1.54) is 6.07 Å². The van der Waals surface area contributed by atoms with E-state index in [-0.39, 0.29) is 5.56 Å². The Kier molecular flexibility index (Phi) is 3.17. The van der Waals surface area contributed by atoms with Crippen molar-refractivity contribution in [1.29, 1.82) is 0 Å². The normalized spacial score (nSPS) is 10.4. The van der Waals surface area contributed by atoms with Gasteiger partial charge in [-0.05, 0) is 13.0 Å². The molecule has 0 aliphatic rings. The third-order valence-corrected chi connectivity index (χ3v) is 3.10. The highest BCUT2D eigenvalue weighted by atomic mass is 16.1. The summed E-state index contributed by atoms with van der Waals surface area (Å²) in [7, 11) is 0. The topological polar surface area (TPSA) is 45.8 Å². The quantitative estimate of drug-likeness (QED) is 0.769. The Morgan fingerprint density at radius 1 is 0.900 bits per heavy atom. The smallest absolute Gasteiger partial charge is 0.251 e. The first-order chi connectivity index (χ1) is 9.72. The van der Waals surface area contributed by atoms with Crippen LogP contribution < -0.4 is 5.56 Å². The van der Waals surface area contributed by atoms with Crippen LogP contribution in [0.4, 0.5) is 0 Å². The highest BCUT2D eigenvalue weighted by molar-refractivity contribution is 5.63. The van der Waals surface area contributed by atoms with Crippen LogP contribution in [0.15, 0.2) is 65.5 Å². The molecule has 0 unspecified atom stereocenters. The molecule has 0 bridgehead atoms. The monoisotopic (exact) mass is 262 g/mol. The average molecular weight is 262 g/mol. The van der Waals surface area contributed by atoms with Gasteiger partial charge in [0.1, 0.15) is 5.82 Å². The van der Waals surface area contributed by atoms with Gasteiger partial charge in [0.25, 0.3) is 5.56 Å². The van der Waals surface area contributed by atoms with E-state index in [4.69, 9.17) is 0 Å². The molecule has 1 aromatic heterocycles. The molecule has 3 aromatic rings. The van der Waals surface area contributed by atoms with Crippen molar-refractivity contribution >= 4 is 0 Å². The highest BCUT2D eigenvalue weighted by Crippen LogP contribution is 2.20. The summed E-state index contributed by atoms with van der Waals surface area (Å²) in [6.45, 7) is 2.02. The van der Waals surface area contributed by atoms with Crippen LogP contribution in [-0.4, -0.2) is 9.97 Å². The predicted octanol–water partition coefficient (Wildman–Crippen LogP) is 3.41. The van der Waals surface area contributed by atoms with E-state index >= 15 is 0 Å². The largest absolute Gasteiger partial charge is 0.306 e. The zero-order chi connectivity index (χ0) is 13.9. The van der Waals surface area contributed by atoms with Crippen molar-refractivity contribution in [2.75, 3.05) is 0 Å². The van der Waals surface area contributed by atoms with Crippen LogP contribution in [-0.2, 0) is 0 Å². The Labute approximate surface area is 117 Å². The number of hydrogen-bond acceptors (Lipinski definition) is 2.